The van der Waals surface area contributed by atoms with E-state index in [0.717, 1.165) is 0 Å². The number of amides is 1. The molecule has 2 aromatic carbocycles. The van der Waals surface area contributed by atoms with Crippen LogP contribution in [0.3, 0.4) is 0 Å². The van der Waals surface area contributed by atoms with Gasteiger partial charge in [-0.1, -0.05) is 30.3 Å². The van der Waals surface area contributed by atoms with Crippen molar-refractivity contribution in [2.24, 2.45) is 5.73 Å². The highest BCUT2D eigenvalue weighted by molar-refractivity contribution is 5.99. The van der Waals surface area contributed by atoms with E-state index in [0.29, 0.717) is 5.56 Å². The van der Waals surface area contributed by atoms with Crippen LogP contribution in [-0.4, -0.2) is 28.1 Å². The SMILES string of the molecule is CC(N)c1cccc(CN2C(=O)C(Cc3ccc(C(=O)O)cc3)Oc3cccnc32)c1C(F)(F)F. The molecular weight excluding hydrogens is 463 g/mol. The number of hydrogen-bond acceptors (Lipinski definition) is 5. The molecule has 0 aliphatic carbocycles. The van der Waals surface area contributed by atoms with E-state index in [1.807, 2.05) is 0 Å². The number of alkyl halides is 3. The minimum absolute atomic E-state index is 0.0629. The summed E-state index contributed by atoms with van der Waals surface area (Å²) < 4.78 is 47.9. The largest absolute Gasteiger partial charge is 0.478 e. The molecule has 10 heteroatoms. The van der Waals surface area contributed by atoms with Gasteiger partial charge in [0.2, 0.25) is 0 Å². The van der Waals surface area contributed by atoms with Gasteiger partial charge in [-0.15, -0.1) is 0 Å². The number of benzene rings is 2. The number of pyridine rings is 1. The smallest absolute Gasteiger partial charge is 0.417 e. The van der Waals surface area contributed by atoms with Gasteiger partial charge < -0.3 is 15.6 Å². The molecule has 0 fully saturated rings. The fourth-order valence-corrected chi connectivity index (χ4v) is 4.09. The number of ether oxygens (including phenoxy) is 1. The van der Waals surface area contributed by atoms with Crippen LogP contribution in [0.1, 0.15) is 45.6 Å². The van der Waals surface area contributed by atoms with Crippen LogP contribution >= 0.6 is 0 Å². The summed E-state index contributed by atoms with van der Waals surface area (Å²) in [5.74, 6) is -1.26. The number of aromatic nitrogens is 1. The number of fused-ring (bicyclic) bond motifs is 1. The van der Waals surface area contributed by atoms with Crippen LogP contribution in [0, 0.1) is 0 Å². The first-order valence-corrected chi connectivity index (χ1v) is 10.8. The number of aromatic carboxylic acids is 1. The lowest BCUT2D eigenvalue weighted by atomic mass is 9.95. The minimum atomic E-state index is -4.67. The van der Waals surface area contributed by atoms with E-state index in [1.165, 1.54) is 48.4 Å². The van der Waals surface area contributed by atoms with Crippen LogP contribution < -0.4 is 15.4 Å². The first kappa shape index (κ1) is 24.2. The molecule has 35 heavy (non-hydrogen) atoms. The van der Waals surface area contributed by atoms with Gasteiger partial charge in [-0.25, -0.2) is 9.78 Å². The zero-order valence-corrected chi connectivity index (χ0v) is 18.6. The van der Waals surface area contributed by atoms with E-state index in [1.54, 1.807) is 24.3 Å². The van der Waals surface area contributed by atoms with E-state index in [4.69, 9.17) is 15.6 Å². The Morgan fingerprint density at radius 3 is 2.51 bits per heavy atom. The summed E-state index contributed by atoms with van der Waals surface area (Å²) >= 11 is 0. The molecule has 1 aromatic heterocycles. The maximum absolute atomic E-state index is 14.0. The predicted molar refractivity (Wildman–Crippen MR) is 121 cm³/mol. The molecule has 0 spiro atoms. The minimum Gasteiger partial charge on any atom is -0.478 e. The summed E-state index contributed by atoms with van der Waals surface area (Å²) in [6.45, 7) is 1.09. The first-order valence-electron chi connectivity index (χ1n) is 10.8. The van der Waals surface area contributed by atoms with E-state index < -0.39 is 35.8 Å². The van der Waals surface area contributed by atoms with Gasteiger partial charge in [0, 0.05) is 18.7 Å². The van der Waals surface area contributed by atoms with Crippen molar-refractivity contribution in [1.82, 2.24) is 4.98 Å². The summed E-state index contributed by atoms with van der Waals surface area (Å²) in [5, 5.41) is 9.08. The van der Waals surface area contributed by atoms with Crippen molar-refractivity contribution in [2.45, 2.75) is 38.2 Å². The number of nitrogens with zero attached hydrogens (tertiary/aromatic N) is 2. The Balaban J connectivity index is 1.70. The zero-order chi connectivity index (χ0) is 25.3. The molecule has 3 N–H and O–H groups in total. The Morgan fingerprint density at radius 2 is 1.89 bits per heavy atom. The molecule has 0 saturated heterocycles. The maximum Gasteiger partial charge on any atom is 0.417 e. The summed E-state index contributed by atoms with van der Waals surface area (Å²) in [4.78, 5) is 29.9. The molecule has 7 nitrogen and oxygen atoms in total. The lowest BCUT2D eigenvalue weighted by Crippen LogP contribution is -2.47. The summed E-state index contributed by atoms with van der Waals surface area (Å²) in [6.07, 6.45) is -4.19. The predicted octanol–water partition coefficient (Wildman–Crippen LogP) is 4.36. The first-order chi connectivity index (χ1) is 16.6. The third-order valence-electron chi connectivity index (χ3n) is 5.72. The van der Waals surface area contributed by atoms with Crippen molar-refractivity contribution >= 4 is 17.7 Å². The topological polar surface area (TPSA) is 106 Å². The Bertz CT molecular complexity index is 1260. The molecule has 2 atom stereocenters. The average Bonchev–Trinajstić information content (AvgIpc) is 2.81. The molecule has 0 bridgehead atoms. The van der Waals surface area contributed by atoms with Crippen molar-refractivity contribution in [3.8, 4) is 5.75 Å². The number of anilines is 1. The Labute approximate surface area is 199 Å². The van der Waals surface area contributed by atoms with Crippen LogP contribution in [0.15, 0.2) is 60.8 Å². The number of hydrogen-bond donors (Lipinski definition) is 2. The molecular formula is C25H22F3N3O4. The van der Waals surface area contributed by atoms with Crippen molar-refractivity contribution in [1.29, 1.82) is 0 Å². The molecule has 182 valence electrons. The van der Waals surface area contributed by atoms with E-state index in [9.17, 15) is 22.8 Å². The van der Waals surface area contributed by atoms with Crippen molar-refractivity contribution < 1.29 is 32.6 Å². The molecule has 2 heterocycles. The zero-order valence-electron chi connectivity index (χ0n) is 18.6. The number of carbonyl (C=O) groups is 2. The van der Waals surface area contributed by atoms with Gasteiger partial charge in [-0.2, -0.15) is 13.2 Å². The van der Waals surface area contributed by atoms with Crippen molar-refractivity contribution in [3.63, 3.8) is 0 Å². The highest BCUT2D eigenvalue weighted by Crippen LogP contribution is 2.39. The van der Waals surface area contributed by atoms with Gasteiger partial charge in [0.1, 0.15) is 0 Å². The lowest BCUT2D eigenvalue weighted by molar-refractivity contribution is -0.139. The molecule has 3 aromatic rings. The van der Waals surface area contributed by atoms with E-state index in [2.05, 4.69) is 4.98 Å². The van der Waals surface area contributed by atoms with Gasteiger partial charge >= 0.3 is 12.1 Å². The molecule has 1 amide bonds. The summed E-state index contributed by atoms with van der Waals surface area (Å²) in [5.41, 5.74) is 5.49. The van der Waals surface area contributed by atoms with Gasteiger partial charge in [-0.3, -0.25) is 9.69 Å². The second kappa shape index (κ2) is 9.38. The van der Waals surface area contributed by atoms with Crippen LogP contribution in [0.25, 0.3) is 0 Å². The highest BCUT2D eigenvalue weighted by Gasteiger charge is 2.40. The maximum atomic E-state index is 14.0. The van der Waals surface area contributed by atoms with E-state index in [-0.39, 0.29) is 41.2 Å². The van der Waals surface area contributed by atoms with Gasteiger partial charge in [0.15, 0.2) is 17.7 Å². The van der Waals surface area contributed by atoms with Crippen LogP contribution in [0.4, 0.5) is 19.0 Å². The number of carbonyl (C=O) groups excluding carboxylic acids is 1. The molecule has 2 unspecified atom stereocenters. The normalized spacial score (nSPS) is 16.4. The number of nitrogens with two attached hydrogens (primary N) is 1. The standard InChI is InChI=1S/C25H22F3N3O4/c1-14(29)18-5-2-4-17(21(18)25(26,27)28)13-31-22-19(6-3-11-30-22)35-20(23(31)32)12-15-7-9-16(10-8-15)24(33)34/h2-11,14,20H,12-13,29H2,1H3,(H,33,34). The molecule has 0 radical (unpaired) electrons. The van der Waals surface area contributed by atoms with Gasteiger partial charge in [0.25, 0.3) is 5.91 Å². The van der Waals surface area contributed by atoms with Crippen LogP contribution in [0.5, 0.6) is 5.75 Å². The van der Waals surface area contributed by atoms with Gasteiger partial charge in [0.05, 0.1) is 17.7 Å². The fourth-order valence-electron chi connectivity index (χ4n) is 4.09. The Kier molecular flexibility index (Phi) is 6.49. The third-order valence-corrected chi connectivity index (χ3v) is 5.72. The van der Waals surface area contributed by atoms with Gasteiger partial charge in [-0.05, 0) is 47.9 Å². The Morgan fingerprint density at radius 1 is 1.17 bits per heavy atom. The summed E-state index contributed by atoms with van der Waals surface area (Å²) in [7, 11) is 0. The van der Waals surface area contributed by atoms with Crippen molar-refractivity contribution in [3.05, 3.63) is 88.6 Å². The van der Waals surface area contributed by atoms with Crippen LogP contribution in [-0.2, 0) is 23.9 Å². The molecule has 1 aliphatic heterocycles. The summed E-state index contributed by atoms with van der Waals surface area (Å²) in [6, 6.07) is 12.4. The number of carboxylic acid groups (broad SMARTS) is 1. The van der Waals surface area contributed by atoms with E-state index >= 15 is 0 Å². The quantitative estimate of drug-likeness (QED) is 0.538. The average molecular weight is 485 g/mol. The second-order valence-corrected chi connectivity index (χ2v) is 8.23. The number of halogens is 3. The lowest BCUT2D eigenvalue weighted by Gasteiger charge is -2.34. The highest BCUT2D eigenvalue weighted by atomic mass is 19.4. The van der Waals surface area contributed by atoms with Crippen LogP contribution in [0.2, 0.25) is 0 Å². The molecule has 4 rings (SSSR count). The number of rotatable bonds is 6. The fraction of sp³-hybridized carbons (Fsp3) is 0.240. The van der Waals surface area contributed by atoms with Crippen molar-refractivity contribution in [2.75, 3.05) is 4.90 Å². The molecule has 0 saturated carbocycles. The Hall–Kier alpha value is -3.92. The monoisotopic (exact) mass is 485 g/mol. The number of carboxylic acids is 1. The third kappa shape index (κ3) is 4.97. The second-order valence-electron chi connectivity index (χ2n) is 8.23. The molecule has 1 aliphatic rings.